The molecule has 0 spiro atoms. The number of nitrogens with zero attached hydrogens (tertiary/aromatic N) is 2. The van der Waals surface area contributed by atoms with E-state index in [-0.39, 0.29) is 30.6 Å². The van der Waals surface area contributed by atoms with Crippen molar-refractivity contribution in [2.45, 2.75) is 64.1 Å². The van der Waals surface area contributed by atoms with Crippen molar-refractivity contribution in [2.75, 3.05) is 17.1 Å². The Morgan fingerprint density at radius 1 is 0.976 bits per heavy atom. The van der Waals surface area contributed by atoms with Gasteiger partial charge in [-0.1, -0.05) is 95.3 Å². The summed E-state index contributed by atoms with van der Waals surface area (Å²) < 4.78 is 27.8. The first-order chi connectivity index (χ1) is 20.0. The molecular weight excluding hydrogens is 638 g/mol. The minimum Gasteiger partial charge on any atom is -0.352 e. The van der Waals surface area contributed by atoms with Crippen molar-refractivity contribution in [1.29, 1.82) is 0 Å². The van der Waals surface area contributed by atoms with E-state index in [0.717, 1.165) is 63.8 Å². The Labute approximate surface area is 262 Å². The van der Waals surface area contributed by atoms with Crippen molar-refractivity contribution in [1.82, 2.24) is 10.2 Å². The Kier molecular flexibility index (Phi) is 11.1. The molecule has 0 radical (unpaired) electrons. The fourth-order valence-corrected chi connectivity index (χ4v) is 6.74. The third-order valence-corrected chi connectivity index (χ3v) is 9.63. The molecule has 224 valence electrons. The number of aryl methyl sites for hydroxylation is 1. The Balaban J connectivity index is 1.73. The van der Waals surface area contributed by atoms with E-state index in [2.05, 4.69) is 21.2 Å². The molecule has 0 heterocycles. The van der Waals surface area contributed by atoms with Crippen molar-refractivity contribution in [2.24, 2.45) is 0 Å². The zero-order valence-electron chi connectivity index (χ0n) is 23.9. The molecular formula is C32H37BrClN3O4S. The van der Waals surface area contributed by atoms with Crippen LogP contribution in [0.5, 0.6) is 0 Å². The van der Waals surface area contributed by atoms with Gasteiger partial charge in [0.1, 0.15) is 12.6 Å². The van der Waals surface area contributed by atoms with Crippen LogP contribution >= 0.6 is 27.5 Å². The Morgan fingerprint density at radius 2 is 1.67 bits per heavy atom. The third-order valence-electron chi connectivity index (χ3n) is 7.59. The average Bonchev–Trinajstić information content (AvgIpc) is 2.95. The highest BCUT2D eigenvalue weighted by Gasteiger charge is 2.34. The van der Waals surface area contributed by atoms with Crippen LogP contribution in [0.2, 0.25) is 5.02 Å². The first-order valence-corrected chi connectivity index (χ1v) is 17.2. The number of halogens is 2. The molecule has 7 nitrogen and oxygen atoms in total. The minimum atomic E-state index is -3.86. The van der Waals surface area contributed by atoms with E-state index in [0.29, 0.717) is 5.02 Å². The normalized spacial score (nSPS) is 14.7. The molecule has 4 rings (SSSR count). The van der Waals surface area contributed by atoms with Gasteiger partial charge in [0.2, 0.25) is 21.8 Å². The molecule has 1 aliphatic rings. The van der Waals surface area contributed by atoms with Gasteiger partial charge in [0.05, 0.1) is 11.9 Å². The quantitative estimate of drug-likeness (QED) is 0.260. The molecule has 3 aromatic rings. The fourth-order valence-electron chi connectivity index (χ4n) is 5.28. The molecule has 0 bridgehead atoms. The van der Waals surface area contributed by atoms with E-state index in [9.17, 15) is 18.0 Å². The van der Waals surface area contributed by atoms with Gasteiger partial charge in [0, 0.05) is 28.5 Å². The smallest absolute Gasteiger partial charge is 0.244 e. The van der Waals surface area contributed by atoms with Crippen molar-refractivity contribution in [3.8, 4) is 0 Å². The van der Waals surface area contributed by atoms with Crippen LogP contribution in [0.25, 0.3) is 0 Å². The molecule has 1 atom stereocenters. The molecule has 1 N–H and O–H groups in total. The van der Waals surface area contributed by atoms with Crippen LogP contribution in [-0.2, 0) is 32.6 Å². The second-order valence-electron chi connectivity index (χ2n) is 10.9. The van der Waals surface area contributed by atoms with Crippen LogP contribution in [0.1, 0.15) is 48.8 Å². The van der Waals surface area contributed by atoms with Gasteiger partial charge in [-0.05, 0) is 60.7 Å². The highest BCUT2D eigenvalue weighted by atomic mass is 79.9. The van der Waals surface area contributed by atoms with E-state index in [1.165, 1.54) is 4.90 Å². The fraction of sp³-hybridized carbons (Fsp3) is 0.375. The van der Waals surface area contributed by atoms with Crippen LogP contribution in [-0.4, -0.2) is 50.0 Å². The standard InChI is InChI=1S/C32H37BrClN3O4S/c1-23-16-17-28(20-29(23)34)37(42(2,40)41)22-31(38)36(21-25-12-9-13-26(33)18-25)30(19-24-10-5-3-6-11-24)32(39)35-27-14-7-4-8-15-27/h3,5-6,9-13,16-18,20,27,30H,4,7-8,14-15,19,21-22H2,1-2H3,(H,35,39). The number of carbonyl (C=O) groups is 2. The largest absolute Gasteiger partial charge is 0.352 e. The zero-order valence-corrected chi connectivity index (χ0v) is 27.1. The van der Waals surface area contributed by atoms with E-state index in [1.54, 1.807) is 18.2 Å². The molecule has 0 aromatic heterocycles. The molecule has 42 heavy (non-hydrogen) atoms. The predicted octanol–water partition coefficient (Wildman–Crippen LogP) is 6.27. The first-order valence-electron chi connectivity index (χ1n) is 14.1. The van der Waals surface area contributed by atoms with Crippen LogP contribution in [0.15, 0.2) is 77.3 Å². The molecule has 1 saturated carbocycles. The highest BCUT2D eigenvalue weighted by Crippen LogP contribution is 2.26. The summed E-state index contributed by atoms with van der Waals surface area (Å²) in [7, 11) is -3.86. The van der Waals surface area contributed by atoms with E-state index in [1.807, 2.05) is 61.5 Å². The first kappa shape index (κ1) is 32.0. The number of hydrogen-bond donors (Lipinski definition) is 1. The molecule has 2 amide bonds. The summed E-state index contributed by atoms with van der Waals surface area (Å²) >= 11 is 9.83. The maximum absolute atomic E-state index is 14.2. The summed E-state index contributed by atoms with van der Waals surface area (Å²) in [6, 6.07) is 21.2. The average molecular weight is 675 g/mol. The van der Waals surface area contributed by atoms with E-state index < -0.39 is 28.5 Å². The summed E-state index contributed by atoms with van der Waals surface area (Å²) in [4.78, 5) is 29.7. The maximum Gasteiger partial charge on any atom is 0.244 e. The number of rotatable bonds is 11. The summed E-state index contributed by atoms with van der Waals surface area (Å²) in [6.45, 7) is 1.47. The molecule has 0 aliphatic heterocycles. The van der Waals surface area contributed by atoms with Gasteiger partial charge in [-0.2, -0.15) is 0 Å². The number of sulfonamides is 1. The van der Waals surface area contributed by atoms with E-state index in [4.69, 9.17) is 11.6 Å². The lowest BCUT2D eigenvalue weighted by atomic mass is 9.94. The molecule has 1 aliphatic carbocycles. The lowest BCUT2D eigenvalue weighted by molar-refractivity contribution is -0.140. The van der Waals surface area contributed by atoms with Crippen molar-refractivity contribution in [3.05, 3.63) is 99.0 Å². The summed E-state index contributed by atoms with van der Waals surface area (Å²) in [5.41, 5.74) is 2.79. The monoisotopic (exact) mass is 673 g/mol. The Morgan fingerprint density at radius 3 is 2.31 bits per heavy atom. The molecule has 0 saturated heterocycles. The third kappa shape index (κ3) is 8.82. The number of nitrogens with one attached hydrogen (secondary N) is 1. The lowest BCUT2D eigenvalue weighted by Crippen LogP contribution is -2.55. The van der Waals surface area contributed by atoms with Crippen molar-refractivity contribution >= 4 is 55.1 Å². The highest BCUT2D eigenvalue weighted by molar-refractivity contribution is 9.10. The second-order valence-corrected chi connectivity index (χ2v) is 14.1. The van der Waals surface area contributed by atoms with Gasteiger partial charge in [-0.25, -0.2) is 8.42 Å². The van der Waals surface area contributed by atoms with Crippen LogP contribution in [0.3, 0.4) is 0 Å². The minimum absolute atomic E-state index is 0.0505. The zero-order chi connectivity index (χ0) is 30.3. The SMILES string of the molecule is Cc1ccc(N(CC(=O)N(Cc2cccc(Br)c2)C(Cc2ccccc2)C(=O)NC2CCCCC2)S(C)(=O)=O)cc1Cl. The van der Waals surface area contributed by atoms with Crippen LogP contribution < -0.4 is 9.62 Å². The molecule has 1 unspecified atom stereocenters. The number of anilines is 1. The summed E-state index contributed by atoms with van der Waals surface area (Å²) in [5.74, 6) is -0.727. The van der Waals surface area contributed by atoms with Gasteiger partial charge in [0.15, 0.2) is 0 Å². The van der Waals surface area contributed by atoms with Crippen molar-refractivity contribution in [3.63, 3.8) is 0 Å². The maximum atomic E-state index is 14.2. The van der Waals surface area contributed by atoms with Gasteiger partial charge in [0.25, 0.3) is 0 Å². The Hall–Kier alpha value is -2.88. The lowest BCUT2D eigenvalue weighted by Gasteiger charge is -2.35. The predicted molar refractivity (Wildman–Crippen MR) is 172 cm³/mol. The second kappa shape index (κ2) is 14.5. The number of amides is 2. The summed E-state index contributed by atoms with van der Waals surface area (Å²) in [6.07, 6.45) is 6.41. The molecule has 10 heteroatoms. The molecule has 3 aromatic carbocycles. The topological polar surface area (TPSA) is 86.8 Å². The van der Waals surface area contributed by atoms with Gasteiger partial charge in [-0.15, -0.1) is 0 Å². The van der Waals surface area contributed by atoms with E-state index >= 15 is 0 Å². The Bertz CT molecular complexity index is 1500. The number of hydrogen-bond acceptors (Lipinski definition) is 4. The van der Waals surface area contributed by atoms with Crippen LogP contribution in [0.4, 0.5) is 5.69 Å². The summed E-state index contributed by atoms with van der Waals surface area (Å²) in [5, 5.41) is 3.61. The van der Waals surface area contributed by atoms with Crippen molar-refractivity contribution < 1.29 is 18.0 Å². The van der Waals surface area contributed by atoms with Gasteiger partial charge >= 0.3 is 0 Å². The van der Waals surface area contributed by atoms with Gasteiger partial charge < -0.3 is 10.2 Å². The van der Waals surface area contributed by atoms with Gasteiger partial charge in [-0.3, -0.25) is 13.9 Å². The van der Waals surface area contributed by atoms with Crippen LogP contribution in [0, 0.1) is 6.92 Å². The number of carbonyl (C=O) groups excluding carboxylic acids is 2. The number of benzene rings is 3. The molecule has 1 fully saturated rings.